The molecule has 0 aromatic heterocycles. The quantitative estimate of drug-likeness (QED) is 0.222. The SMILES string of the molecule is CC[C@H](C(=O)NC1CCCC1)N(Cc1c(Cl)cccc1Cl)C(=O)CN(c1ccc(OC)c(Cl)c1)S(=O)(=O)c1ccc(C)cc1. The third-order valence-electron chi connectivity index (χ3n) is 7.79. The topological polar surface area (TPSA) is 96.0 Å². The molecule has 3 aromatic carbocycles. The summed E-state index contributed by atoms with van der Waals surface area (Å²) in [7, 11) is -2.81. The van der Waals surface area contributed by atoms with Crippen LogP contribution in [-0.4, -0.2) is 50.9 Å². The van der Waals surface area contributed by atoms with Gasteiger partial charge in [0.05, 0.1) is 22.7 Å². The lowest BCUT2D eigenvalue weighted by molar-refractivity contribution is -0.140. The molecule has 236 valence electrons. The number of rotatable bonds is 12. The van der Waals surface area contributed by atoms with Crippen LogP contribution in [0.15, 0.2) is 65.6 Å². The van der Waals surface area contributed by atoms with Crippen LogP contribution in [0.4, 0.5) is 5.69 Å². The van der Waals surface area contributed by atoms with Gasteiger partial charge in [-0.1, -0.05) is 78.3 Å². The maximum Gasteiger partial charge on any atom is 0.264 e. The molecule has 8 nitrogen and oxygen atoms in total. The van der Waals surface area contributed by atoms with Crippen LogP contribution >= 0.6 is 34.8 Å². The maximum atomic E-state index is 14.3. The van der Waals surface area contributed by atoms with E-state index in [1.165, 1.54) is 42.3 Å². The standard InChI is InChI=1S/C32H36Cl3N3O5S/c1-4-29(32(40)36-22-8-5-6-9-22)37(19-25-26(33)10-7-11-27(25)34)31(39)20-38(23-14-17-30(43-3)28(35)18-23)44(41,42)24-15-12-21(2)13-16-24/h7,10-18,22,29H,4-6,8-9,19-20H2,1-3H3,(H,36,40)/t29-/m1/s1. The Labute approximate surface area is 274 Å². The number of ether oxygens (including phenoxy) is 1. The number of methoxy groups -OCH3 is 1. The molecule has 0 saturated heterocycles. The molecule has 44 heavy (non-hydrogen) atoms. The number of sulfonamides is 1. The van der Waals surface area contributed by atoms with Crippen molar-refractivity contribution in [3.8, 4) is 5.75 Å². The van der Waals surface area contributed by atoms with E-state index in [2.05, 4.69) is 5.32 Å². The Kier molecular flexibility index (Phi) is 11.5. The average molecular weight is 681 g/mol. The zero-order valence-electron chi connectivity index (χ0n) is 24.9. The van der Waals surface area contributed by atoms with E-state index in [1.807, 2.05) is 6.92 Å². The van der Waals surface area contributed by atoms with Crippen LogP contribution in [0.5, 0.6) is 5.75 Å². The number of aryl methyl sites for hydroxylation is 1. The third-order valence-corrected chi connectivity index (χ3v) is 10.6. The van der Waals surface area contributed by atoms with Crippen molar-refractivity contribution < 1.29 is 22.7 Å². The van der Waals surface area contributed by atoms with Gasteiger partial charge in [0, 0.05) is 28.2 Å². The Hall–Kier alpha value is -2.98. The van der Waals surface area contributed by atoms with Gasteiger partial charge in [-0.05, 0) is 68.7 Å². The second-order valence-corrected chi connectivity index (χ2v) is 13.9. The summed E-state index contributed by atoms with van der Waals surface area (Å²) >= 11 is 19.4. The van der Waals surface area contributed by atoms with E-state index in [0.29, 0.717) is 21.4 Å². The number of carbonyl (C=O) groups excluding carboxylic acids is 2. The molecule has 0 unspecified atom stereocenters. The van der Waals surface area contributed by atoms with Gasteiger partial charge in [0.15, 0.2) is 0 Å². The fourth-order valence-corrected chi connectivity index (χ4v) is 7.49. The lowest BCUT2D eigenvalue weighted by Gasteiger charge is -2.34. The van der Waals surface area contributed by atoms with Gasteiger partial charge in [-0.15, -0.1) is 0 Å². The molecule has 0 radical (unpaired) electrons. The number of anilines is 1. The van der Waals surface area contributed by atoms with E-state index >= 15 is 0 Å². The first-order chi connectivity index (χ1) is 21.0. The summed E-state index contributed by atoms with van der Waals surface area (Å²) in [6, 6.07) is 14.9. The number of hydrogen-bond donors (Lipinski definition) is 1. The second-order valence-electron chi connectivity index (χ2n) is 10.8. The second kappa shape index (κ2) is 14.9. The summed E-state index contributed by atoms with van der Waals surface area (Å²) in [5, 5.41) is 3.91. The fourth-order valence-electron chi connectivity index (χ4n) is 5.32. The molecule has 3 aromatic rings. The zero-order chi connectivity index (χ0) is 32.0. The minimum Gasteiger partial charge on any atom is -0.495 e. The molecule has 1 fully saturated rings. The van der Waals surface area contributed by atoms with Crippen molar-refractivity contribution in [2.75, 3.05) is 18.0 Å². The van der Waals surface area contributed by atoms with Crippen molar-refractivity contribution in [1.29, 1.82) is 0 Å². The van der Waals surface area contributed by atoms with Crippen LogP contribution in [0.25, 0.3) is 0 Å². The molecule has 1 saturated carbocycles. The van der Waals surface area contributed by atoms with Crippen molar-refractivity contribution in [3.05, 3.63) is 86.9 Å². The number of amides is 2. The lowest BCUT2D eigenvalue weighted by Crippen LogP contribution is -2.53. The number of halogens is 3. The van der Waals surface area contributed by atoms with Crippen LogP contribution < -0.4 is 14.4 Å². The predicted octanol–water partition coefficient (Wildman–Crippen LogP) is 7.03. The van der Waals surface area contributed by atoms with E-state index < -0.39 is 28.5 Å². The number of carbonyl (C=O) groups is 2. The normalized spacial score (nSPS) is 14.2. The molecule has 1 N–H and O–H groups in total. The lowest BCUT2D eigenvalue weighted by atomic mass is 10.1. The first-order valence-corrected chi connectivity index (χ1v) is 17.0. The molecule has 1 atom stereocenters. The molecule has 0 spiro atoms. The summed E-state index contributed by atoms with van der Waals surface area (Å²) in [5.41, 5.74) is 1.49. The first-order valence-electron chi connectivity index (χ1n) is 14.4. The summed E-state index contributed by atoms with van der Waals surface area (Å²) in [6.45, 7) is 2.93. The molecule has 4 rings (SSSR count). The van der Waals surface area contributed by atoms with Gasteiger partial charge in [0.2, 0.25) is 11.8 Å². The van der Waals surface area contributed by atoms with Crippen molar-refractivity contribution in [2.24, 2.45) is 0 Å². The summed E-state index contributed by atoms with van der Waals surface area (Å²) in [6.07, 6.45) is 4.07. The molecular weight excluding hydrogens is 645 g/mol. The van der Waals surface area contributed by atoms with E-state index in [1.54, 1.807) is 37.3 Å². The Balaban J connectivity index is 1.77. The van der Waals surface area contributed by atoms with E-state index in [-0.39, 0.29) is 40.5 Å². The molecule has 0 aliphatic heterocycles. The third kappa shape index (κ3) is 7.80. The van der Waals surface area contributed by atoms with Crippen LogP contribution in [0.2, 0.25) is 15.1 Å². The van der Waals surface area contributed by atoms with Crippen LogP contribution in [0.1, 0.15) is 50.2 Å². The Morgan fingerprint density at radius 1 is 0.977 bits per heavy atom. The average Bonchev–Trinajstić information content (AvgIpc) is 3.50. The van der Waals surface area contributed by atoms with E-state index in [4.69, 9.17) is 39.5 Å². The molecule has 1 aliphatic rings. The first kappa shape index (κ1) is 33.9. The summed E-state index contributed by atoms with van der Waals surface area (Å²) in [4.78, 5) is 29.3. The van der Waals surface area contributed by atoms with Gasteiger partial charge in [-0.2, -0.15) is 0 Å². The van der Waals surface area contributed by atoms with Crippen LogP contribution in [0, 0.1) is 6.92 Å². The van der Waals surface area contributed by atoms with Gasteiger partial charge in [-0.25, -0.2) is 8.42 Å². The number of nitrogens with zero attached hydrogens (tertiary/aromatic N) is 2. The molecule has 2 amide bonds. The van der Waals surface area contributed by atoms with Crippen molar-refractivity contribution >= 4 is 62.3 Å². The minimum atomic E-state index is -4.26. The van der Waals surface area contributed by atoms with Crippen LogP contribution in [0.3, 0.4) is 0 Å². The molecule has 1 aliphatic carbocycles. The van der Waals surface area contributed by atoms with Crippen molar-refractivity contribution in [2.45, 2.75) is 69.5 Å². The largest absolute Gasteiger partial charge is 0.495 e. The summed E-state index contributed by atoms with van der Waals surface area (Å²) in [5.74, 6) is -0.576. The minimum absolute atomic E-state index is 0.00504. The van der Waals surface area contributed by atoms with Gasteiger partial charge < -0.3 is 15.0 Å². The number of benzene rings is 3. The highest BCUT2D eigenvalue weighted by Crippen LogP contribution is 2.33. The molecule has 12 heteroatoms. The Morgan fingerprint density at radius 2 is 1.61 bits per heavy atom. The maximum absolute atomic E-state index is 14.3. The molecule has 0 bridgehead atoms. The van der Waals surface area contributed by atoms with Gasteiger partial charge in [-0.3, -0.25) is 13.9 Å². The Morgan fingerprint density at radius 3 is 2.18 bits per heavy atom. The highest BCUT2D eigenvalue weighted by atomic mass is 35.5. The van der Waals surface area contributed by atoms with E-state index in [9.17, 15) is 18.0 Å². The molecular formula is C32H36Cl3N3O5S. The smallest absolute Gasteiger partial charge is 0.264 e. The van der Waals surface area contributed by atoms with Crippen molar-refractivity contribution in [3.63, 3.8) is 0 Å². The Bertz CT molecular complexity index is 1570. The number of hydrogen-bond acceptors (Lipinski definition) is 5. The highest BCUT2D eigenvalue weighted by Gasteiger charge is 2.35. The number of nitrogens with one attached hydrogen (secondary N) is 1. The monoisotopic (exact) mass is 679 g/mol. The van der Waals surface area contributed by atoms with Gasteiger partial charge in [0.1, 0.15) is 18.3 Å². The van der Waals surface area contributed by atoms with Gasteiger partial charge >= 0.3 is 0 Å². The van der Waals surface area contributed by atoms with Gasteiger partial charge in [0.25, 0.3) is 10.0 Å². The van der Waals surface area contributed by atoms with E-state index in [0.717, 1.165) is 35.6 Å². The van der Waals surface area contributed by atoms with Crippen molar-refractivity contribution in [1.82, 2.24) is 10.2 Å². The van der Waals surface area contributed by atoms with Crippen LogP contribution in [-0.2, 0) is 26.2 Å². The fraction of sp³-hybridized carbons (Fsp3) is 0.375. The summed E-state index contributed by atoms with van der Waals surface area (Å²) < 4.78 is 34.4. The molecule has 0 heterocycles. The zero-order valence-corrected chi connectivity index (χ0v) is 27.9. The predicted molar refractivity (Wildman–Crippen MR) is 175 cm³/mol. The highest BCUT2D eigenvalue weighted by molar-refractivity contribution is 7.92.